The van der Waals surface area contributed by atoms with Crippen molar-refractivity contribution in [1.82, 2.24) is 0 Å². The molecule has 0 saturated heterocycles. The molecule has 1 aromatic carbocycles. The van der Waals surface area contributed by atoms with E-state index in [-0.39, 0.29) is 0 Å². The van der Waals surface area contributed by atoms with Crippen LogP contribution in [0.25, 0.3) is 0 Å². The standard InChI is InChI=1S/C30H46/c1-3-5-7-9-23-11-13-27-21-29(17-15-25(27)19-23)30-18-16-26-20-24(10-8-6-4-2)12-14-28(26)22-30/h3,5,12,14,20,23,25,27,29-30H,4,6-11,13,15-19,21-22H2,1-2H3/t23-,25?,27-,29?,30?/m1/s1. The summed E-state index contributed by atoms with van der Waals surface area (Å²) in [7, 11) is 0. The Labute approximate surface area is 186 Å². The van der Waals surface area contributed by atoms with Gasteiger partial charge in [-0.25, -0.2) is 0 Å². The molecule has 1 aromatic rings. The molecule has 0 heteroatoms. The van der Waals surface area contributed by atoms with Gasteiger partial charge >= 0.3 is 0 Å². The number of hydrogen-bond donors (Lipinski definition) is 0. The minimum Gasteiger partial charge on any atom is -0.0917 e. The summed E-state index contributed by atoms with van der Waals surface area (Å²) in [6.07, 6.45) is 26.1. The molecule has 0 N–H and O–H groups in total. The van der Waals surface area contributed by atoms with Gasteiger partial charge in [-0.3, -0.25) is 0 Å². The first-order valence-electron chi connectivity index (χ1n) is 13.5. The molecule has 2 saturated carbocycles. The van der Waals surface area contributed by atoms with Crippen molar-refractivity contribution in [3.63, 3.8) is 0 Å². The number of fused-ring (bicyclic) bond motifs is 2. The zero-order valence-electron chi connectivity index (χ0n) is 19.9. The smallest absolute Gasteiger partial charge is 0.0245 e. The fourth-order valence-electron chi connectivity index (χ4n) is 7.19. The maximum Gasteiger partial charge on any atom is -0.0245 e. The topological polar surface area (TPSA) is 0 Å². The van der Waals surface area contributed by atoms with Crippen LogP contribution in [0, 0.1) is 29.6 Å². The first-order chi connectivity index (χ1) is 14.8. The molecule has 0 nitrogen and oxygen atoms in total. The molecule has 0 amide bonds. The van der Waals surface area contributed by atoms with Crippen LogP contribution in [0.1, 0.15) is 108 Å². The number of benzene rings is 1. The molecule has 3 aliphatic rings. The summed E-state index contributed by atoms with van der Waals surface area (Å²) in [5.41, 5.74) is 4.98. The predicted octanol–water partition coefficient (Wildman–Crippen LogP) is 8.71. The Morgan fingerprint density at radius 1 is 0.867 bits per heavy atom. The Morgan fingerprint density at radius 2 is 1.67 bits per heavy atom. The van der Waals surface area contributed by atoms with E-state index < -0.39 is 0 Å². The molecule has 2 fully saturated rings. The molecular formula is C30H46. The average Bonchev–Trinajstić information content (AvgIpc) is 2.78. The number of rotatable bonds is 8. The molecule has 30 heavy (non-hydrogen) atoms. The third-order valence-electron chi connectivity index (χ3n) is 9.01. The maximum atomic E-state index is 2.56. The quantitative estimate of drug-likeness (QED) is 0.299. The fraction of sp³-hybridized carbons (Fsp3) is 0.733. The lowest BCUT2D eigenvalue weighted by Gasteiger charge is -2.45. The third-order valence-corrected chi connectivity index (χ3v) is 9.01. The van der Waals surface area contributed by atoms with E-state index in [2.05, 4.69) is 44.2 Å². The molecule has 0 heterocycles. The number of allylic oxidation sites excluding steroid dienone is 2. The monoisotopic (exact) mass is 406 g/mol. The largest absolute Gasteiger partial charge is 0.0917 e. The highest BCUT2D eigenvalue weighted by Crippen LogP contribution is 2.49. The molecule has 3 unspecified atom stereocenters. The number of hydrogen-bond acceptors (Lipinski definition) is 0. The molecule has 0 bridgehead atoms. The van der Waals surface area contributed by atoms with Crippen LogP contribution < -0.4 is 0 Å². The first kappa shape index (κ1) is 22.2. The van der Waals surface area contributed by atoms with Crippen molar-refractivity contribution in [1.29, 1.82) is 0 Å². The zero-order valence-corrected chi connectivity index (χ0v) is 19.9. The minimum atomic E-state index is 0.969. The van der Waals surface area contributed by atoms with Crippen molar-refractivity contribution < 1.29 is 0 Å². The van der Waals surface area contributed by atoms with Gasteiger partial charge in [0, 0.05) is 0 Å². The van der Waals surface area contributed by atoms with Crippen molar-refractivity contribution in [2.75, 3.05) is 0 Å². The second-order valence-electron chi connectivity index (χ2n) is 11.0. The number of unbranched alkanes of at least 4 members (excludes halogenated alkanes) is 2. The fourth-order valence-corrected chi connectivity index (χ4v) is 7.19. The predicted molar refractivity (Wildman–Crippen MR) is 131 cm³/mol. The van der Waals surface area contributed by atoms with Crippen LogP contribution in [0.15, 0.2) is 30.4 Å². The van der Waals surface area contributed by atoms with Crippen LogP contribution in [0.4, 0.5) is 0 Å². The molecule has 0 radical (unpaired) electrons. The van der Waals surface area contributed by atoms with Gasteiger partial charge in [0.15, 0.2) is 0 Å². The van der Waals surface area contributed by atoms with Gasteiger partial charge in [-0.1, -0.05) is 56.5 Å². The second kappa shape index (κ2) is 11.0. The zero-order chi connectivity index (χ0) is 20.8. The van der Waals surface area contributed by atoms with Gasteiger partial charge in [0.2, 0.25) is 0 Å². The van der Waals surface area contributed by atoms with Gasteiger partial charge in [0.25, 0.3) is 0 Å². The Morgan fingerprint density at radius 3 is 2.50 bits per heavy atom. The summed E-state index contributed by atoms with van der Waals surface area (Å²) in [5, 5.41) is 0. The minimum absolute atomic E-state index is 0.969. The Hall–Kier alpha value is -1.04. The van der Waals surface area contributed by atoms with E-state index in [9.17, 15) is 0 Å². The molecule has 0 aliphatic heterocycles. The molecular weight excluding hydrogens is 360 g/mol. The Bertz CT molecular complexity index is 683. The lowest BCUT2D eigenvalue weighted by Crippen LogP contribution is -2.35. The summed E-state index contributed by atoms with van der Waals surface area (Å²) in [6.45, 7) is 4.46. The van der Waals surface area contributed by atoms with Crippen LogP contribution in [0.2, 0.25) is 0 Å². The van der Waals surface area contributed by atoms with Crippen LogP contribution >= 0.6 is 0 Å². The van der Waals surface area contributed by atoms with Crippen molar-refractivity contribution in [3.8, 4) is 0 Å². The molecule has 166 valence electrons. The molecule has 0 spiro atoms. The van der Waals surface area contributed by atoms with E-state index in [4.69, 9.17) is 0 Å². The Balaban J connectivity index is 1.28. The summed E-state index contributed by atoms with van der Waals surface area (Å²) < 4.78 is 0. The SMILES string of the molecule is CC=CCC[C@@H]1CC[C@@H]2CC(C3CCc4cc(CCCCC)ccc4C3)CCC2C1. The van der Waals surface area contributed by atoms with E-state index in [1.165, 1.54) is 83.5 Å². The normalized spacial score (nSPS) is 31.5. The van der Waals surface area contributed by atoms with Gasteiger partial charge in [-0.15, -0.1) is 0 Å². The summed E-state index contributed by atoms with van der Waals surface area (Å²) in [6, 6.07) is 7.51. The molecule has 4 rings (SSSR count). The van der Waals surface area contributed by atoms with Gasteiger partial charge in [0.05, 0.1) is 0 Å². The summed E-state index contributed by atoms with van der Waals surface area (Å²) >= 11 is 0. The highest BCUT2D eigenvalue weighted by atomic mass is 14.4. The van der Waals surface area contributed by atoms with Crippen LogP contribution in [0.3, 0.4) is 0 Å². The first-order valence-corrected chi connectivity index (χ1v) is 13.5. The van der Waals surface area contributed by atoms with Crippen LogP contribution in [-0.4, -0.2) is 0 Å². The van der Waals surface area contributed by atoms with Gasteiger partial charge in [-0.05, 0) is 130 Å². The van der Waals surface area contributed by atoms with Crippen molar-refractivity contribution in [2.45, 2.75) is 110 Å². The van der Waals surface area contributed by atoms with E-state index >= 15 is 0 Å². The lowest BCUT2D eigenvalue weighted by molar-refractivity contribution is 0.0699. The van der Waals surface area contributed by atoms with Crippen molar-refractivity contribution in [2.24, 2.45) is 29.6 Å². The molecule has 5 atom stereocenters. The Kier molecular flexibility index (Phi) is 8.14. The van der Waals surface area contributed by atoms with E-state index in [1.807, 2.05) is 0 Å². The lowest BCUT2D eigenvalue weighted by atomic mass is 9.61. The summed E-state index contributed by atoms with van der Waals surface area (Å²) in [4.78, 5) is 0. The van der Waals surface area contributed by atoms with Gasteiger partial charge in [-0.2, -0.15) is 0 Å². The second-order valence-corrected chi connectivity index (χ2v) is 11.0. The van der Waals surface area contributed by atoms with E-state index in [0.29, 0.717) is 0 Å². The average molecular weight is 407 g/mol. The van der Waals surface area contributed by atoms with Crippen molar-refractivity contribution in [3.05, 3.63) is 47.0 Å². The summed E-state index contributed by atoms with van der Waals surface area (Å²) in [5.74, 6) is 5.13. The van der Waals surface area contributed by atoms with E-state index in [1.54, 1.807) is 29.5 Å². The maximum absolute atomic E-state index is 2.56. The molecule has 0 aromatic heterocycles. The highest BCUT2D eigenvalue weighted by Gasteiger charge is 2.38. The van der Waals surface area contributed by atoms with Crippen LogP contribution in [0.5, 0.6) is 0 Å². The van der Waals surface area contributed by atoms with Crippen molar-refractivity contribution >= 4 is 0 Å². The van der Waals surface area contributed by atoms with Gasteiger partial charge < -0.3 is 0 Å². The van der Waals surface area contributed by atoms with Gasteiger partial charge in [0.1, 0.15) is 0 Å². The molecule has 3 aliphatic carbocycles. The highest BCUT2D eigenvalue weighted by molar-refractivity contribution is 5.34. The number of aryl methyl sites for hydroxylation is 2. The van der Waals surface area contributed by atoms with E-state index in [0.717, 1.165) is 29.6 Å². The van der Waals surface area contributed by atoms with Crippen LogP contribution in [-0.2, 0) is 19.3 Å². The third kappa shape index (κ3) is 5.60.